The second-order valence-corrected chi connectivity index (χ2v) is 6.40. The van der Waals surface area contributed by atoms with Gasteiger partial charge in [-0.15, -0.1) is 11.3 Å². The van der Waals surface area contributed by atoms with Crippen LogP contribution in [0, 0.1) is 11.3 Å². The van der Waals surface area contributed by atoms with E-state index in [-0.39, 0.29) is 0 Å². The molecule has 2 rings (SSSR count). The molecule has 2 aromatic rings. The summed E-state index contributed by atoms with van der Waals surface area (Å²) in [5, 5.41) is 12.9. The molecule has 1 atom stereocenters. The molecule has 0 spiro atoms. The number of para-hydroxylation sites is 1. The number of rotatable bonds is 3. The molecule has 0 saturated carbocycles. The number of halogens is 3. The molecule has 6 heteroatoms. The van der Waals surface area contributed by atoms with Crippen LogP contribution in [0.25, 0.3) is 0 Å². The van der Waals surface area contributed by atoms with Gasteiger partial charge in [0.2, 0.25) is 0 Å². The molecular formula is C12H7BrCl2N2S. The Morgan fingerprint density at radius 2 is 2.06 bits per heavy atom. The average molecular weight is 362 g/mol. The SMILES string of the molecule is N#CC(Nc1ccccc1Cl)c1cc(Br)c(Cl)s1. The summed E-state index contributed by atoms with van der Waals surface area (Å²) in [4.78, 5) is 0.842. The second-order valence-electron chi connectivity index (χ2n) is 3.46. The van der Waals surface area contributed by atoms with Crippen LogP contribution in [0.15, 0.2) is 34.8 Å². The molecule has 0 aliphatic heterocycles. The van der Waals surface area contributed by atoms with Crippen molar-refractivity contribution in [3.63, 3.8) is 0 Å². The summed E-state index contributed by atoms with van der Waals surface area (Å²) in [6.07, 6.45) is 0. The van der Waals surface area contributed by atoms with Crippen LogP contribution >= 0.6 is 50.5 Å². The van der Waals surface area contributed by atoms with Gasteiger partial charge < -0.3 is 5.32 Å². The molecule has 0 amide bonds. The summed E-state index contributed by atoms with van der Waals surface area (Å²) in [7, 11) is 0. The van der Waals surface area contributed by atoms with Crippen molar-refractivity contribution < 1.29 is 0 Å². The van der Waals surface area contributed by atoms with Crippen molar-refractivity contribution in [3.05, 3.63) is 49.0 Å². The van der Waals surface area contributed by atoms with E-state index < -0.39 is 6.04 Å². The van der Waals surface area contributed by atoms with Crippen LogP contribution < -0.4 is 5.32 Å². The lowest BCUT2D eigenvalue weighted by molar-refractivity contribution is 1.03. The maximum atomic E-state index is 9.22. The lowest BCUT2D eigenvalue weighted by atomic mass is 10.2. The molecule has 1 aromatic carbocycles. The van der Waals surface area contributed by atoms with E-state index >= 15 is 0 Å². The molecule has 0 bridgehead atoms. The first kappa shape index (κ1) is 13.7. The highest BCUT2D eigenvalue weighted by atomic mass is 79.9. The zero-order chi connectivity index (χ0) is 13.1. The van der Waals surface area contributed by atoms with Crippen LogP contribution in [0.5, 0.6) is 0 Å². The molecule has 92 valence electrons. The number of nitriles is 1. The van der Waals surface area contributed by atoms with E-state index in [2.05, 4.69) is 27.3 Å². The van der Waals surface area contributed by atoms with Gasteiger partial charge >= 0.3 is 0 Å². The fraction of sp³-hybridized carbons (Fsp3) is 0.0833. The van der Waals surface area contributed by atoms with E-state index in [4.69, 9.17) is 23.2 Å². The summed E-state index contributed by atoms with van der Waals surface area (Å²) >= 11 is 16.7. The molecular weight excluding hydrogens is 355 g/mol. The van der Waals surface area contributed by atoms with Gasteiger partial charge in [-0.25, -0.2) is 0 Å². The molecule has 0 aliphatic carbocycles. The summed E-state index contributed by atoms with van der Waals surface area (Å²) in [5.41, 5.74) is 0.728. The fourth-order valence-electron chi connectivity index (χ4n) is 1.41. The van der Waals surface area contributed by atoms with Crippen LogP contribution in [0.4, 0.5) is 5.69 Å². The number of nitrogens with one attached hydrogen (secondary N) is 1. The van der Waals surface area contributed by atoms with Crippen molar-refractivity contribution in [2.45, 2.75) is 6.04 Å². The van der Waals surface area contributed by atoms with Crippen molar-refractivity contribution in [3.8, 4) is 6.07 Å². The molecule has 2 nitrogen and oxygen atoms in total. The number of nitrogens with zero attached hydrogens (tertiary/aromatic N) is 1. The quantitative estimate of drug-likeness (QED) is 0.783. The third-order valence-corrected chi connectivity index (χ3v) is 5.12. The maximum Gasteiger partial charge on any atom is 0.149 e. The minimum atomic E-state index is -0.473. The zero-order valence-corrected chi connectivity index (χ0v) is 12.9. The summed E-state index contributed by atoms with van der Waals surface area (Å²) in [6, 6.07) is 10.9. The highest BCUT2D eigenvalue weighted by Gasteiger charge is 2.16. The van der Waals surface area contributed by atoms with E-state index in [1.54, 1.807) is 6.07 Å². The molecule has 1 heterocycles. The van der Waals surface area contributed by atoms with Crippen LogP contribution in [0.1, 0.15) is 10.9 Å². The van der Waals surface area contributed by atoms with Crippen LogP contribution in [0.2, 0.25) is 9.36 Å². The lowest BCUT2D eigenvalue weighted by Gasteiger charge is -2.12. The molecule has 1 aromatic heterocycles. The van der Waals surface area contributed by atoms with Gasteiger partial charge in [-0.3, -0.25) is 0 Å². The summed E-state index contributed by atoms with van der Waals surface area (Å²) < 4.78 is 1.43. The predicted molar refractivity (Wildman–Crippen MR) is 80.5 cm³/mol. The van der Waals surface area contributed by atoms with E-state index in [0.717, 1.165) is 15.0 Å². The number of benzene rings is 1. The Bertz CT molecular complexity index is 587. The van der Waals surface area contributed by atoms with E-state index in [9.17, 15) is 5.26 Å². The predicted octanol–water partition coefficient (Wildman–Crippen LogP) is 5.49. The number of hydrogen-bond donors (Lipinski definition) is 1. The van der Waals surface area contributed by atoms with Crippen LogP contribution in [-0.2, 0) is 0 Å². The molecule has 0 aliphatic rings. The third kappa shape index (κ3) is 2.99. The Morgan fingerprint density at radius 3 is 2.61 bits per heavy atom. The Morgan fingerprint density at radius 1 is 1.33 bits per heavy atom. The van der Waals surface area contributed by atoms with Gasteiger partial charge in [-0.1, -0.05) is 35.3 Å². The Balaban J connectivity index is 2.26. The van der Waals surface area contributed by atoms with Gasteiger partial charge in [-0.05, 0) is 34.1 Å². The first-order valence-electron chi connectivity index (χ1n) is 4.97. The van der Waals surface area contributed by atoms with Crippen molar-refractivity contribution >= 4 is 56.2 Å². The van der Waals surface area contributed by atoms with E-state index in [1.807, 2.05) is 24.3 Å². The van der Waals surface area contributed by atoms with Crippen molar-refractivity contribution in [2.75, 3.05) is 5.32 Å². The topological polar surface area (TPSA) is 35.8 Å². The van der Waals surface area contributed by atoms with E-state index in [1.165, 1.54) is 11.3 Å². The van der Waals surface area contributed by atoms with Gasteiger partial charge in [0.1, 0.15) is 10.4 Å². The zero-order valence-electron chi connectivity index (χ0n) is 8.95. The number of anilines is 1. The molecule has 0 radical (unpaired) electrons. The minimum absolute atomic E-state index is 0.473. The van der Waals surface area contributed by atoms with Crippen molar-refractivity contribution in [1.82, 2.24) is 0 Å². The average Bonchev–Trinajstić information content (AvgIpc) is 2.68. The standard InChI is InChI=1S/C12H7BrCl2N2S/c13-7-5-11(18-12(7)15)10(6-16)17-9-4-2-1-3-8(9)14/h1-5,10,17H. The van der Waals surface area contributed by atoms with Gasteiger partial charge in [0, 0.05) is 9.35 Å². The fourth-order valence-corrected chi connectivity index (χ4v) is 3.33. The largest absolute Gasteiger partial charge is 0.364 e. The number of hydrogen-bond acceptors (Lipinski definition) is 3. The molecule has 18 heavy (non-hydrogen) atoms. The molecule has 1 unspecified atom stereocenters. The Labute approximate surface area is 127 Å². The van der Waals surface area contributed by atoms with Gasteiger partial charge in [0.05, 0.1) is 16.8 Å². The van der Waals surface area contributed by atoms with Gasteiger partial charge in [0.15, 0.2) is 0 Å². The highest BCUT2D eigenvalue weighted by Crippen LogP contribution is 2.36. The molecule has 0 fully saturated rings. The number of thiophene rings is 1. The molecule has 0 saturated heterocycles. The molecule has 1 N–H and O–H groups in total. The van der Waals surface area contributed by atoms with E-state index in [0.29, 0.717) is 9.36 Å². The normalized spacial score (nSPS) is 11.9. The monoisotopic (exact) mass is 360 g/mol. The maximum absolute atomic E-state index is 9.22. The van der Waals surface area contributed by atoms with Gasteiger partial charge in [0.25, 0.3) is 0 Å². The van der Waals surface area contributed by atoms with Crippen molar-refractivity contribution in [2.24, 2.45) is 0 Å². The second kappa shape index (κ2) is 5.94. The first-order chi connectivity index (χ1) is 8.61. The first-order valence-corrected chi connectivity index (χ1v) is 7.33. The lowest BCUT2D eigenvalue weighted by Crippen LogP contribution is -2.06. The minimum Gasteiger partial charge on any atom is -0.364 e. The van der Waals surface area contributed by atoms with Gasteiger partial charge in [-0.2, -0.15) is 5.26 Å². The summed E-state index contributed by atoms with van der Waals surface area (Å²) in [5.74, 6) is 0. The third-order valence-electron chi connectivity index (χ3n) is 2.25. The van der Waals surface area contributed by atoms with Crippen molar-refractivity contribution in [1.29, 1.82) is 5.26 Å². The highest BCUT2D eigenvalue weighted by molar-refractivity contribution is 9.10. The Hall–Kier alpha value is -0.730. The summed E-state index contributed by atoms with van der Waals surface area (Å²) in [6.45, 7) is 0. The van der Waals surface area contributed by atoms with Crippen LogP contribution in [-0.4, -0.2) is 0 Å². The van der Waals surface area contributed by atoms with Crippen LogP contribution in [0.3, 0.4) is 0 Å². The Kier molecular flexibility index (Phi) is 4.52. The smallest absolute Gasteiger partial charge is 0.149 e.